The number of amides is 1. The minimum absolute atomic E-state index is 0.00327. The van der Waals surface area contributed by atoms with E-state index in [0.29, 0.717) is 6.07 Å². The molecular formula is C15H16F3NO4. The Morgan fingerprint density at radius 2 is 2.04 bits per heavy atom. The van der Waals surface area contributed by atoms with Gasteiger partial charge in [-0.2, -0.15) is 13.2 Å². The Morgan fingerprint density at radius 3 is 2.52 bits per heavy atom. The summed E-state index contributed by atoms with van der Waals surface area (Å²) in [6.45, 7) is 4.35. The first kappa shape index (κ1) is 18.5. The van der Waals surface area contributed by atoms with Crippen molar-refractivity contribution in [2.45, 2.75) is 13.1 Å². The topological polar surface area (TPSA) is 66.8 Å². The largest absolute Gasteiger partial charge is 0.489 e. The minimum atomic E-state index is -4.63. The molecule has 1 amide bonds. The minimum Gasteiger partial charge on any atom is -0.489 e. The molecule has 0 saturated heterocycles. The predicted octanol–water partition coefficient (Wildman–Crippen LogP) is 2.82. The predicted molar refractivity (Wildman–Crippen MR) is 76.3 cm³/mol. The molecule has 8 heteroatoms. The maximum Gasteiger partial charge on any atom is 0.416 e. The average Bonchev–Trinajstić information content (AvgIpc) is 2.48. The number of ether oxygens (including phenoxy) is 1. The standard InChI is InChI=1S/C15H16F3NO4/c1-3-7-23-12-6-5-10(15(16,17)18)8-11(12)14(22)19(4-2)9-13(20)21/h3,5-6,8H,1,4,7,9H2,2H3,(H,20,21). The molecule has 0 spiro atoms. The Bertz CT molecular complexity index is 599. The van der Waals surface area contributed by atoms with Crippen molar-refractivity contribution < 1.29 is 32.6 Å². The summed E-state index contributed by atoms with van der Waals surface area (Å²) in [5.41, 5.74) is -1.36. The highest BCUT2D eigenvalue weighted by molar-refractivity contribution is 5.98. The van der Waals surface area contributed by atoms with Crippen molar-refractivity contribution in [3.05, 3.63) is 42.0 Å². The van der Waals surface area contributed by atoms with E-state index in [9.17, 15) is 22.8 Å². The van der Waals surface area contributed by atoms with Gasteiger partial charge < -0.3 is 14.7 Å². The molecule has 0 aliphatic carbocycles. The SMILES string of the molecule is C=CCOc1ccc(C(F)(F)F)cc1C(=O)N(CC)CC(=O)O. The Morgan fingerprint density at radius 1 is 1.39 bits per heavy atom. The van der Waals surface area contributed by atoms with Crippen molar-refractivity contribution in [2.24, 2.45) is 0 Å². The van der Waals surface area contributed by atoms with E-state index in [1.165, 1.54) is 13.0 Å². The van der Waals surface area contributed by atoms with Crippen LogP contribution in [0.25, 0.3) is 0 Å². The van der Waals surface area contributed by atoms with Gasteiger partial charge in [0.05, 0.1) is 11.1 Å². The number of nitrogens with zero attached hydrogens (tertiary/aromatic N) is 1. The van der Waals surface area contributed by atoms with Crippen LogP contribution in [0.15, 0.2) is 30.9 Å². The lowest BCUT2D eigenvalue weighted by Gasteiger charge is -2.21. The van der Waals surface area contributed by atoms with Gasteiger partial charge in [0.15, 0.2) is 0 Å². The summed E-state index contributed by atoms with van der Waals surface area (Å²) in [7, 11) is 0. The molecule has 0 heterocycles. The van der Waals surface area contributed by atoms with Gasteiger partial charge in [-0.15, -0.1) is 0 Å². The van der Waals surface area contributed by atoms with E-state index >= 15 is 0 Å². The van der Waals surface area contributed by atoms with Gasteiger partial charge in [-0.05, 0) is 25.1 Å². The van der Waals surface area contributed by atoms with Crippen molar-refractivity contribution >= 4 is 11.9 Å². The molecule has 126 valence electrons. The van der Waals surface area contributed by atoms with Crippen molar-refractivity contribution in [2.75, 3.05) is 19.7 Å². The Kier molecular flexibility index (Phi) is 6.18. The summed E-state index contributed by atoms with van der Waals surface area (Å²) in [6.07, 6.45) is -3.25. The first-order chi connectivity index (χ1) is 10.7. The molecule has 1 aromatic carbocycles. The number of carbonyl (C=O) groups is 2. The van der Waals surface area contributed by atoms with E-state index in [0.717, 1.165) is 17.0 Å². The van der Waals surface area contributed by atoms with Crippen LogP contribution >= 0.6 is 0 Å². The van der Waals surface area contributed by atoms with Gasteiger partial charge in [0.1, 0.15) is 18.9 Å². The van der Waals surface area contributed by atoms with Crippen molar-refractivity contribution in [3.63, 3.8) is 0 Å². The average molecular weight is 331 g/mol. The third kappa shape index (κ3) is 5.01. The molecule has 0 aromatic heterocycles. The lowest BCUT2D eigenvalue weighted by molar-refractivity contribution is -0.138. The number of rotatable bonds is 7. The van der Waals surface area contributed by atoms with E-state index < -0.39 is 30.2 Å². The van der Waals surface area contributed by atoms with E-state index in [1.807, 2.05) is 0 Å². The smallest absolute Gasteiger partial charge is 0.416 e. The molecule has 23 heavy (non-hydrogen) atoms. The number of halogens is 3. The van der Waals surface area contributed by atoms with Gasteiger partial charge in [-0.3, -0.25) is 9.59 Å². The van der Waals surface area contributed by atoms with E-state index in [2.05, 4.69) is 6.58 Å². The summed E-state index contributed by atoms with van der Waals surface area (Å²) in [5.74, 6) is -2.17. The molecule has 0 unspecified atom stereocenters. The van der Waals surface area contributed by atoms with Crippen LogP contribution in [0.4, 0.5) is 13.2 Å². The maximum atomic E-state index is 12.8. The molecule has 0 fully saturated rings. The zero-order valence-electron chi connectivity index (χ0n) is 12.4. The number of hydrogen-bond donors (Lipinski definition) is 1. The molecule has 0 atom stereocenters. The fourth-order valence-electron chi connectivity index (χ4n) is 1.81. The summed E-state index contributed by atoms with van der Waals surface area (Å²) in [5, 5.41) is 8.79. The highest BCUT2D eigenvalue weighted by Crippen LogP contribution is 2.33. The van der Waals surface area contributed by atoms with Crippen LogP contribution in [0.1, 0.15) is 22.8 Å². The lowest BCUT2D eigenvalue weighted by Crippen LogP contribution is -2.35. The summed E-state index contributed by atoms with van der Waals surface area (Å²) in [4.78, 5) is 24.0. The second kappa shape index (κ2) is 7.66. The van der Waals surface area contributed by atoms with Crippen molar-refractivity contribution in [1.29, 1.82) is 0 Å². The molecule has 0 aliphatic heterocycles. The van der Waals surface area contributed by atoms with E-state index in [1.54, 1.807) is 0 Å². The van der Waals surface area contributed by atoms with Gasteiger partial charge in [0.25, 0.3) is 5.91 Å². The second-order valence-corrected chi connectivity index (χ2v) is 4.52. The number of aliphatic carboxylic acids is 1. The number of hydrogen-bond acceptors (Lipinski definition) is 3. The molecule has 1 aromatic rings. The molecule has 1 N–H and O–H groups in total. The molecule has 0 aliphatic rings. The van der Waals surface area contributed by atoms with Gasteiger partial charge in [-0.1, -0.05) is 12.7 Å². The van der Waals surface area contributed by atoms with E-state index in [4.69, 9.17) is 9.84 Å². The Labute approximate surface area is 131 Å². The van der Waals surface area contributed by atoms with Gasteiger partial charge in [-0.25, -0.2) is 0 Å². The highest BCUT2D eigenvalue weighted by atomic mass is 19.4. The Hall–Kier alpha value is -2.51. The molecule has 0 saturated carbocycles. The number of alkyl halides is 3. The highest BCUT2D eigenvalue weighted by Gasteiger charge is 2.32. The van der Waals surface area contributed by atoms with Gasteiger partial charge in [0, 0.05) is 6.54 Å². The van der Waals surface area contributed by atoms with Gasteiger partial charge >= 0.3 is 12.1 Å². The number of likely N-dealkylation sites (N-methyl/N-ethyl adjacent to an activating group) is 1. The lowest BCUT2D eigenvalue weighted by atomic mass is 10.1. The number of carbonyl (C=O) groups excluding carboxylic acids is 1. The fourth-order valence-corrected chi connectivity index (χ4v) is 1.81. The van der Waals surface area contributed by atoms with Crippen LogP contribution in [0.5, 0.6) is 5.75 Å². The van der Waals surface area contributed by atoms with Crippen LogP contribution in [-0.4, -0.2) is 41.6 Å². The van der Waals surface area contributed by atoms with Crippen molar-refractivity contribution in [1.82, 2.24) is 4.90 Å². The molecule has 5 nitrogen and oxygen atoms in total. The molecular weight excluding hydrogens is 315 g/mol. The van der Waals surface area contributed by atoms with Crippen molar-refractivity contribution in [3.8, 4) is 5.75 Å². The number of carboxylic acid groups (broad SMARTS) is 1. The van der Waals surface area contributed by atoms with E-state index in [-0.39, 0.29) is 24.5 Å². The zero-order chi connectivity index (χ0) is 17.6. The first-order valence-corrected chi connectivity index (χ1v) is 6.66. The molecule has 1 rings (SSSR count). The molecule has 0 bridgehead atoms. The number of carboxylic acids is 1. The normalized spacial score (nSPS) is 11.0. The monoisotopic (exact) mass is 331 g/mol. The third-order valence-electron chi connectivity index (χ3n) is 2.89. The van der Waals surface area contributed by atoms with Crippen LogP contribution in [0, 0.1) is 0 Å². The quantitative estimate of drug-likeness (QED) is 0.780. The first-order valence-electron chi connectivity index (χ1n) is 6.66. The second-order valence-electron chi connectivity index (χ2n) is 4.52. The Balaban J connectivity index is 3.28. The fraction of sp³-hybridized carbons (Fsp3) is 0.333. The molecule has 0 radical (unpaired) electrons. The summed E-state index contributed by atoms with van der Waals surface area (Å²) >= 11 is 0. The van der Waals surface area contributed by atoms with Crippen LogP contribution in [0.2, 0.25) is 0 Å². The van der Waals surface area contributed by atoms with Gasteiger partial charge in [0.2, 0.25) is 0 Å². The maximum absolute atomic E-state index is 12.8. The van der Waals surface area contributed by atoms with Crippen LogP contribution in [-0.2, 0) is 11.0 Å². The zero-order valence-corrected chi connectivity index (χ0v) is 12.4. The summed E-state index contributed by atoms with van der Waals surface area (Å²) in [6, 6.07) is 2.49. The third-order valence-corrected chi connectivity index (χ3v) is 2.89. The van der Waals surface area contributed by atoms with Crippen LogP contribution in [0.3, 0.4) is 0 Å². The summed E-state index contributed by atoms with van der Waals surface area (Å²) < 4.78 is 43.7. The number of benzene rings is 1. The van der Waals surface area contributed by atoms with Crippen LogP contribution < -0.4 is 4.74 Å².